The molecule has 0 bridgehead atoms. The summed E-state index contributed by atoms with van der Waals surface area (Å²) >= 11 is 0. The fourth-order valence-corrected chi connectivity index (χ4v) is 2.11. The standard InChI is InChI=1S/C11H17BO/c1-3-7-11(8-4-1)13-12-9-5-2-6-10-12/h2,5-6,9,11H,1,3-4,7-8,10H2. The first-order chi connectivity index (χ1) is 6.45. The summed E-state index contributed by atoms with van der Waals surface area (Å²) in [4.78, 5) is 0. The van der Waals surface area contributed by atoms with Crippen LogP contribution in [-0.2, 0) is 4.65 Å². The summed E-state index contributed by atoms with van der Waals surface area (Å²) in [5.41, 5.74) is 0. The molecule has 0 spiro atoms. The Kier molecular flexibility index (Phi) is 3.25. The minimum atomic E-state index is 0.355. The minimum Gasteiger partial charge on any atom is -0.428 e. The van der Waals surface area contributed by atoms with Gasteiger partial charge in [-0.3, -0.25) is 0 Å². The van der Waals surface area contributed by atoms with E-state index in [2.05, 4.69) is 24.2 Å². The lowest BCUT2D eigenvalue weighted by molar-refractivity contribution is 0.157. The number of hydrogen-bond acceptors (Lipinski definition) is 1. The predicted molar refractivity (Wildman–Crippen MR) is 56.8 cm³/mol. The van der Waals surface area contributed by atoms with Crippen LogP contribution in [0.5, 0.6) is 0 Å². The molecule has 0 radical (unpaired) electrons. The van der Waals surface area contributed by atoms with Gasteiger partial charge in [-0.1, -0.05) is 43.5 Å². The third kappa shape index (κ3) is 2.73. The van der Waals surface area contributed by atoms with Gasteiger partial charge in [-0.2, -0.15) is 0 Å². The van der Waals surface area contributed by atoms with Gasteiger partial charge in [0.1, 0.15) is 0 Å². The summed E-state index contributed by atoms with van der Waals surface area (Å²) in [5.74, 6) is 2.18. The highest BCUT2D eigenvalue weighted by molar-refractivity contribution is 6.58. The number of allylic oxidation sites excluding steroid dienone is 3. The topological polar surface area (TPSA) is 9.23 Å². The zero-order valence-electron chi connectivity index (χ0n) is 8.11. The molecule has 1 aliphatic carbocycles. The first-order valence-electron chi connectivity index (χ1n) is 5.44. The Labute approximate surface area is 81.0 Å². The Balaban J connectivity index is 1.76. The van der Waals surface area contributed by atoms with Crippen molar-refractivity contribution >= 4 is 6.92 Å². The van der Waals surface area contributed by atoms with Crippen LogP contribution in [0, 0.1) is 0 Å². The highest BCUT2D eigenvalue weighted by Gasteiger charge is 2.20. The Bertz CT molecular complexity index is 204. The van der Waals surface area contributed by atoms with Gasteiger partial charge in [0.25, 0.3) is 0 Å². The van der Waals surface area contributed by atoms with E-state index in [0.29, 0.717) is 13.0 Å². The monoisotopic (exact) mass is 176 g/mol. The molecule has 0 aromatic heterocycles. The Hall–Kier alpha value is -0.495. The van der Waals surface area contributed by atoms with Gasteiger partial charge in [-0.25, -0.2) is 0 Å². The molecule has 0 aromatic rings. The highest BCUT2D eigenvalue weighted by Crippen LogP contribution is 2.22. The number of rotatable bonds is 2. The van der Waals surface area contributed by atoms with Crippen molar-refractivity contribution in [3.05, 3.63) is 24.2 Å². The third-order valence-electron chi connectivity index (χ3n) is 2.86. The lowest BCUT2D eigenvalue weighted by atomic mass is 9.62. The molecule has 2 rings (SSSR count). The van der Waals surface area contributed by atoms with Gasteiger partial charge in [0.05, 0.1) is 0 Å². The molecule has 2 heteroatoms. The van der Waals surface area contributed by atoms with Crippen LogP contribution in [0.4, 0.5) is 0 Å². The van der Waals surface area contributed by atoms with Crippen molar-refractivity contribution < 1.29 is 4.65 Å². The average Bonchev–Trinajstić information content (AvgIpc) is 2.21. The summed E-state index contributed by atoms with van der Waals surface area (Å²) in [7, 11) is 0. The van der Waals surface area contributed by atoms with Crippen molar-refractivity contribution in [1.82, 2.24) is 0 Å². The molecule has 0 unspecified atom stereocenters. The third-order valence-corrected chi connectivity index (χ3v) is 2.86. The fraction of sp³-hybridized carbons (Fsp3) is 0.636. The van der Waals surface area contributed by atoms with Gasteiger partial charge in [0.2, 0.25) is 0 Å². The maximum atomic E-state index is 5.99. The largest absolute Gasteiger partial charge is 0.428 e. The van der Waals surface area contributed by atoms with E-state index < -0.39 is 0 Å². The minimum absolute atomic E-state index is 0.355. The van der Waals surface area contributed by atoms with Gasteiger partial charge in [-0.05, 0) is 19.2 Å². The van der Waals surface area contributed by atoms with Crippen molar-refractivity contribution in [2.45, 2.75) is 44.5 Å². The lowest BCUT2D eigenvalue weighted by Crippen LogP contribution is -2.26. The maximum Gasteiger partial charge on any atom is 0.323 e. The van der Waals surface area contributed by atoms with Crippen LogP contribution < -0.4 is 0 Å². The molecule has 13 heavy (non-hydrogen) atoms. The molecule has 1 nitrogen and oxygen atoms in total. The van der Waals surface area contributed by atoms with Crippen molar-refractivity contribution in [2.24, 2.45) is 0 Å². The van der Waals surface area contributed by atoms with Crippen molar-refractivity contribution in [3.63, 3.8) is 0 Å². The molecule has 0 atom stereocenters. The lowest BCUT2D eigenvalue weighted by Gasteiger charge is -2.25. The quantitative estimate of drug-likeness (QED) is 0.587. The molecule has 2 aliphatic rings. The molecule has 0 amide bonds. The van der Waals surface area contributed by atoms with E-state index in [1.807, 2.05) is 0 Å². The van der Waals surface area contributed by atoms with E-state index in [0.717, 1.165) is 6.32 Å². The second-order valence-electron chi connectivity index (χ2n) is 3.98. The SMILES string of the molecule is C1=CCB(OC2CCCCC2)C=C1. The summed E-state index contributed by atoms with van der Waals surface area (Å²) in [6, 6.07) is 0. The Morgan fingerprint density at radius 1 is 1.08 bits per heavy atom. The van der Waals surface area contributed by atoms with Gasteiger partial charge >= 0.3 is 6.92 Å². The second-order valence-corrected chi connectivity index (χ2v) is 3.98. The van der Waals surface area contributed by atoms with Gasteiger partial charge in [-0.15, -0.1) is 0 Å². The van der Waals surface area contributed by atoms with Crippen LogP contribution in [0.2, 0.25) is 6.32 Å². The van der Waals surface area contributed by atoms with Crippen LogP contribution in [-0.4, -0.2) is 13.0 Å². The second kappa shape index (κ2) is 4.66. The summed E-state index contributed by atoms with van der Waals surface area (Å²) < 4.78 is 5.99. The highest BCUT2D eigenvalue weighted by atomic mass is 16.4. The van der Waals surface area contributed by atoms with E-state index in [-0.39, 0.29) is 0 Å². The van der Waals surface area contributed by atoms with Crippen LogP contribution in [0.15, 0.2) is 24.2 Å². The van der Waals surface area contributed by atoms with E-state index in [1.54, 1.807) is 0 Å². The molecule has 1 saturated carbocycles. The van der Waals surface area contributed by atoms with Crippen molar-refractivity contribution in [2.75, 3.05) is 0 Å². The van der Waals surface area contributed by atoms with Gasteiger partial charge in [0, 0.05) is 6.10 Å². The van der Waals surface area contributed by atoms with E-state index >= 15 is 0 Å². The van der Waals surface area contributed by atoms with E-state index in [9.17, 15) is 0 Å². The van der Waals surface area contributed by atoms with E-state index in [1.165, 1.54) is 32.1 Å². The van der Waals surface area contributed by atoms with Crippen molar-refractivity contribution in [1.29, 1.82) is 0 Å². The maximum absolute atomic E-state index is 5.99. The van der Waals surface area contributed by atoms with Crippen LogP contribution in [0.1, 0.15) is 32.1 Å². The van der Waals surface area contributed by atoms with Crippen molar-refractivity contribution in [3.8, 4) is 0 Å². The average molecular weight is 176 g/mol. The number of hydrogen-bond donors (Lipinski definition) is 0. The molecule has 1 fully saturated rings. The predicted octanol–water partition coefficient (Wildman–Crippen LogP) is 2.99. The Morgan fingerprint density at radius 2 is 1.92 bits per heavy atom. The van der Waals surface area contributed by atoms with E-state index in [4.69, 9.17) is 4.65 Å². The molecule has 0 aromatic carbocycles. The molecular weight excluding hydrogens is 159 g/mol. The smallest absolute Gasteiger partial charge is 0.323 e. The molecule has 70 valence electrons. The zero-order chi connectivity index (χ0) is 8.93. The first-order valence-corrected chi connectivity index (χ1v) is 5.44. The molecular formula is C11H17BO. The van der Waals surface area contributed by atoms with Gasteiger partial charge < -0.3 is 4.65 Å². The zero-order valence-corrected chi connectivity index (χ0v) is 8.11. The van der Waals surface area contributed by atoms with Gasteiger partial charge in [0.15, 0.2) is 0 Å². The summed E-state index contributed by atoms with van der Waals surface area (Å²) in [6.07, 6.45) is 14.6. The normalized spacial score (nSPS) is 23.8. The summed E-state index contributed by atoms with van der Waals surface area (Å²) in [6.45, 7) is 0.355. The molecule has 1 heterocycles. The van der Waals surface area contributed by atoms with Crippen LogP contribution >= 0.6 is 0 Å². The molecule has 1 aliphatic heterocycles. The summed E-state index contributed by atoms with van der Waals surface area (Å²) in [5, 5.41) is 0. The fourth-order valence-electron chi connectivity index (χ4n) is 2.11. The van der Waals surface area contributed by atoms with Crippen LogP contribution in [0.25, 0.3) is 0 Å². The van der Waals surface area contributed by atoms with Crippen LogP contribution in [0.3, 0.4) is 0 Å². The molecule has 0 saturated heterocycles. The Morgan fingerprint density at radius 3 is 2.62 bits per heavy atom. The molecule has 0 N–H and O–H groups in total. The first kappa shape index (κ1) is 9.08.